The number of hydrogen-bond donors (Lipinski definition) is 3. The molecule has 0 saturated carbocycles. The van der Waals surface area contributed by atoms with Gasteiger partial charge in [-0.2, -0.15) is 0 Å². The third-order valence-corrected chi connectivity index (χ3v) is 4.85. The molecule has 0 unspecified atom stereocenters. The second-order valence-electron chi connectivity index (χ2n) is 7.69. The lowest BCUT2D eigenvalue weighted by atomic mass is 10.1. The molecule has 0 saturated heterocycles. The lowest BCUT2D eigenvalue weighted by Crippen LogP contribution is -2.29. The fourth-order valence-electron chi connectivity index (χ4n) is 3.04. The normalized spacial score (nSPS) is 10.3. The summed E-state index contributed by atoms with van der Waals surface area (Å²) in [5.41, 5.74) is 11.7. The number of carbonyl (C=O) groups is 3. The molecule has 0 aliphatic carbocycles. The highest BCUT2D eigenvalue weighted by molar-refractivity contribution is 5.93. The standard InChI is InChI=1S/C25H32N4O5/c1-2-3-4-5-6-7-16-28-22(30)17-33-23(31)18-10-14-21(15-11-18)34-24(32)19-8-12-20(13-9-19)29-25(26)27/h8-15H,2-7,16-17H2,1H3,(H,28,30)(H4,26,27,29). The molecule has 0 spiro atoms. The van der Waals surface area contributed by atoms with Crippen LogP contribution in [-0.4, -0.2) is 37.0 Å². The van der Waals surface area contributed by atoms with E-state index in [1.165, 1.54) is 55.7 Å². The molecule has 0 aliphatic rings. The molecule has 2 aromatic carbocycles. The fourth-order valence-corrected chi connectivity index (χ4v) is 3.04. The van der Waals surface area contributed by atoms with Crippen LogP contribution in [0.4, 0.5) is 5.69 Å². The molecule has 0 heterocycles. The first-order valence-electron chi connectivity index (χ1n) is 11.3. The highest BCUT2D eigenvalue weighted by Crippen LogP contribution is 2.17. The maximum absolute atomic E-state index is 12.3. The Hall–Kier alpha value is -3.88. The first-order chi connectivity index (χ1) is 16.4. The van der Waals surface area contributed by atoms with E-state index in [0.29, 0.717) is 17.8 Å². The van der Waals surface area contributed by atoms with Crippen molar-refractivity contribution < 1.29 is 23.9 Å². The van der Waals surface area contributed by atoms with Gasteiger partial charge in [0.15, 0.2) is 12.6 Å². The van der Waals surface area contributed by atoms with Gasteiger partial charge in [-0.1, -0.05) is 39.0 Å². The molecule has 9 nitrogen and oxygen atoms in total. The minimum absolute atomic E-state index is 0.0808. The van der Waals surface area contributed by atoms with E-state index in [4.69, 9.17) is 20.9 Å². The van der Waals surface area contributed by atoms with Crippen LogP contribution < -0.4 is 21.5 Å². The van der Waals surface area contributed by atoms with Crippen molar-refractivity contribution in [2.75, 3.05) is 13.2 Å². The number of hydrogen-bond acceptors (Lipinski definition) is 6. The van der Waals surface area contributed by atoms with Gasteiger partial charge >= 0.3 is 11.9 Å². The van der Waals surface area contributed by atoms with E-state index in [-0.39, 0.29) is 29.8 Å². The number of amides is 1. The van der Waals surface area contributed by atoms with E-state index in [0.717, 1.165) is 19.3 Å². The Morgan fingerprint density at radius 3 is 2.06 bits per heavy atom. The molecular formula is C25H32N4O5. The highest BCUT2D eigenvalue weighted by Gasteiger charge is 2.12. The van der Waals surface area contributed by atoms with Gasteiger partial charge in [0.25, 0.3) is 5.91 Å². The van der Waals surface area contributed by atoms with Crippen LogP contribution in [0.2, 0.25) is 0 Å². The van der Waals surface area contributed by atoms with Gasteiger partial charge in [-0.15, -0.1) is 0 Å². The molecule has 9 heteroatoms. The van der Waals surface area contributed by atoms with Gasteiger partial charge in [0.1, 0.15) is 5.75 Å². The van der Waals surface area contributed by atoms with E-state index in [2.05, 4.69) is 17.2 Å². The second-order valence-corrected chi connectivity index (χ2v) is 7.69. The zero-order valence-corrected chi connectivity index (χ0v) is 19.4. The van der Waals surface area contributed by atoms with E-state index in [9.17, 15) is 14.4 Å². The van der Waals surface area contributed by atoms with Crippen LogP contribution >= 0.6 is 0 Å². The number of rotatable bonds is 13. The molecule has 0 aliphatic heterocycles. The molecule has 0 bridgehead atoms. The van der Waals surface area contributed by atoms with Gasteiger partial charge < -0.3 is 26.3 Å². The Labute approximate surface area is 199 Å². The summed E-state index contributed by atoms with van der Waals surface area (Å²) in [5.74, 6) is -1.37. The first kappa shape index (κ1) is 26.4. The molecule has 182 valence electrons. The zero-order chi connectivity index (χ0) is 24.8. The summed E-state index contributed by atoms with van der Waals surface area (Å²) in [4.78, 5) is 40.1. The number of carbonyl (C=O) groups excluding carboxylic acids is 3. The summed E-state index contributed by atoms with van der Waals surface area (Å²) in [6.07, 6.45) is 6.79. The van der Waals surface area contributed by atoms with Crippen LogP contribution in [-0.2, 0) is 9.53 Å². The number of guanidine groups is 1. The van der Waals surface area contributed by atoms with Crippen LogP contribution in [0.1, 0.15) is 66.2 Å². The number of esters is 2. The van der Waals surface area contributed by atoms with Crippen LogP contribution in [0.5, 0.6) is 5.75 Å². The predicted octanol–water partition coefficient (Wildman–Crippen LogP) is 3.44. The third kappa shape index (κ3) is 9.72. The third-order valence-electron chi connectivity index (χ3n) is 4.85. The summed E-state index contributed by atoms with van der Waals surface area (Å²) >= 11 is 0. The number of nitrogens with zero attached hydrogens (tertiary/aromatic N) is 1. The van der Waals surface area contributed by atoms with Gasteiger partial charge in [0.2, 0.25) is 0 Å². The molecule has 0 atom stereocenters. The summed E-state index contributed by atoms with van der Waals surface area (Å²) in [6.45, 7) is 2.39. The van der Waals surface area contributed by atoms with Crippen LogP contribution in [0.25, 0.3) is 0 Å². The maximum atomic E-state index is 12.3. The highest BCUT2D eigenvalue weighted by atomic mass is 16.5. The van der Waals surface area contributed by atoms with Crippen molar-refractivity contribution in [2.45, 2.75) is 45.4 Å². The molecular weight excluding hydrogens is 436 g/mol. The SMILES string of the molecule is CCCCCCCCNC(=O)COC(=O)c1ccc(OC(=O)c2ccc(N=C(N)N)cc2)cc1. The van der Waals surface area contributed by atoms with Crippen molar-refractivity contribution in [3.63, 3.8) is 0 Å². The smallest absolute Gasteiger partial charge is 0.343 e. The van der Waals surface area contributed by atoms with Crippen LogP contribution in [0, 0.1) is 0 Å². The minimum atomic E-state index is -0.636. The largest absolute Gasteiger partial charge is 0.452 e. The second kappa shape index (κ2) is 14.3. The first-order valence-corrected chi connectivity index (χ1v) is 11.3. The Morgan fingerprint density at radius 2 is 1.41 bits per heavy atom. The molecule has 0 fully saturated rings. The summed E-state index contributed by atoms with van der Waals surface area (Å²) in [6, 6.07) is 12.1. The lowest BCUT2D eigenvalue weighted by Gasteiger charge is -2.08. The summed E-state index contributed by atoms with van der Waals surface area (Å²) < 4.78 is 10.3. The van der Waals surface area contributed by atoms with Crippen molar-refractivity contribution in [1.29, 1.82) is 0 Å². The quantitative estimate of drug-likeness (QED) is 0.134. The molecule has 2 aromatic rings. The Kier molecular flexibility index (Phi) is 11.1. The van der Waals surface area contributed by atoms with E-state index in [1.54, 1.807) is 12.1 Å². The monoisotopic (exact) mass is 468 g/mol. The minimum Gasteiger partial charge on any atom is -0.452 e. The summed E-state index contributed by atoms with van der Waals surface area (Å²) in [7, 11) is 0. The van der Waals surface area contributed by atoms with E-state index in [1.807, 2.05) is 0 Å². The van der Waals surface area contributed by atoms with Crippen molar-refractivity contribution >= 4 is 29.5 Å². The molecule has 34 heavy (non-hydrogen) atoms. The van der Waals surface area contributed by atoms with E-state index < -0.39 is 11.9 Å². The number of nitrogens with two attached hydrogens (primary N) is 2. The zero-order valence-electron chi connectivity index (χ0n) is 19.4. The van der Waals surface area contributed by atoms with Gasteiger partial charge in [-0.05, 0) is 55.0 Å². The number of aliphatic imine (C=N–C) groups is 1. The van der Waals surface area contributed by atoms with Gasteiger partial charge in [0.05, 0.1) is 16.8 Å². The average molecular weight is 469 g/mol. The topological polar surface area (TPSA) is 146 Å². The van der Waals surface area contributed by atoms with Crippen molar-refractivity contribution in [2.24, 2.45) is 16.5 Å². The molecule has 0 aromatic heterocycles. The number of benzene rings is 2. The van der Waals surface area contributed by atoms with Crippen LogP contribution in [0.15, 0.2) is 53.5 Å². The van der Waals surface area contributed by atoms with Crippen molar-refractivity contribution in [3.8, 4) is 5.75 Å². The Balaban J connectivity index is 1.74. The maximum Gasteiger partial charge on any atom is 0.343 e. The fraction of sp³-hybridized carbons (Fsp3) is 0.360. The summed E-state index contributed by atoms with van der Waals surface area (Å²) in [5, 5.41) is 2.75. The number of nitrogens with one attached hydrogen (secondary N) is 1. The van der Waals surface area contributed by atoms with Gasteiger partial charge in [-0.25, -0.2) is 14.6 Å². The van der Waals surface area contributed by atoms with E-state index >= 15 is 0 Å². The number of unbranched alkanes of at least 4 members (excludes halogenated alkanes) is 5. The lowest BCUT2D eigenvalue weighted by molar-refractivity contribution is -0.124. The Morgan fingerprint density at radius 1 is 0.824 bits per heavy atom. The molecule has 1 amide bonds. The van der Waals surface area contributed by atoms with Crippen molar-refractivity contribution in [3.05, 3.63) is 59.7 Å². The molecule has 0 radical (unpaired) electrons. The number of ether oxygens (including phenoxy) is 2. The molecule has 2 rings (SSSR count). The van der Waals surface area contributed by atoms with Crippen molar-refractivity contribution in [1.82, 2.24) is 5.32 Å². The van der Waals surface area contributed by atoms with Gasteiger partial charge in [0, 0.05) is 6.54 Å². The van der Waals surface area contributed by atoms with Gasteiger partial charge in [-0.3, -0.25) is 4.79 Å². The Bertz CT molecular complexity index is 968. The predicted molar refractivity (Wildman–Crippen MR) is 130 cm³/mol. The van der Waals surface area contributed by atoms with Crippen LogP contribution in [0.3, 0.4) is 0 Å². The average Bonchev–Trinajstić information content (AvgIpc) is 2.82. The molecule has 5 N–H and O–H groups in total.